The van der Waals surface area contributed by atoms with Crippen LogP contribution in [0, 0.1) is 12.7 Å². The van der Waals surface area contributed by atoms with E-state index in [1.54, 1.807) is 42.2 Å². The van der Waals surface area contributed by atoms with E-state index >= 15 is 0 Å². The molecule has 2 saturated heterocycles. The van der Waals surface area contributed by atoms with Gasteiger partial charge < -0.3 is 9.80 Å². The summed E-state index contributed by atoms with van der Waals surface area (Å²) in [6.07, 6.45) is 1.73. The van der Waals surface area contributed by atoms with Crippen LogP contribution < -0.4 is 4.90 Å². The van der Waals surface area contributed by atoms with Crippen LogP contribution in [0.3, 0.4) is 0 Å². The fourth-order valence-corrected chi connectivity index (χ4v) is 5.89. The number of carbonyl (C=O) groups is 1. The molecule has 2 heterocycles. The van der Waals surface area contributed by atoms with Gasteiger partial charge in [0.15, 0.2) is 0 Å². The number of aryl methyl sites for hydroxylation is 1. The molecule has 1 amide bonds. The Labute approximate surface area is 176 Å². The third-order valence-corrected chi connectivity index (χ3v) is 7.92. The quantitative estimate of drug-likeness (QED) is 0.747. The van der Waals surface area contributed by atoms with E-state index in [4.69, 9.17) is 0 Å². The number of para-hydroxylation sites is 1. The van der Waals surface area contributed by atoms with Gasteiger partial charge in [0.05, 0.1) is 10.6 Å². The summed E-state index contributed by atoms with van der Waals surface area (Å²) >= 11 is 0. The number of hydrogen-bond acceptors (Lipinski definition) is 4. The second-order valence-corrected chi connectivity index (χ2v) is 9.73. The Morgan fingerprint density at radius 2 is 1.60 bits per heavy atom. The first-order valence-corrected chi connectivity index (χ1v) is 11.7. The molecule has 6 nitrogen and oxygen atoms in total. The first-order valence-electron chi connectivity index (χ1n) is 10.3. The van der Waals surface area contributed by atoms with E-state index in [1.165, 1.54) is 16.4 Å². The molecule has 0 bridgehead atoms. The van der Waals surface area contributed by atoms with E-state index in [0.717, 1.165) is 12.8 Å². The minimum Gasteiger partial charge on any atom is -0.366 e. The minimum atomic E-state index is -3.59. The fraction of sp³-hybridized carbons (Fsp3) is 0.409. The number of benzene rings is 2. The van der Waals surface area contributed by atoms with Gasteiger partial charge in [-0.15, -0.1) is 0 Å². The van der Waals surface area contributed by atoms with Crippen LogP contribution in [-0.4, -0.2) is 62.8 Å². The van der Waals surface area contributed by atoms with Crippen LogP contribution in [0.25, 0.3) is 0 Å². The lowest BCUT2D eigenvalue weighted by atomic mass is 10.1. The summed E-state index contributed by atoms with van der Waals surface area (Å²) in [4.78, 5) is 16.9. The van der Waals surface area contributed by atoms with Crippen LogP contribution in [0.4, 0.5) is 10.1 Å². The maximum Gasteiger partial charge on any atom is 0.254 e. The van der Waals surface area contributed by atoms with Crippen LogP contribution in [0.2, 0.25) is 0 Å². The average molecular weight is 432 g/mol. The van der Waals surface area contributed by atoms with Crippen molar-refractivity contribution in [2.45, 2.75) is 24.7 Å². The highest BCUT2D eigenvalue weighted by Gasteiger charge is 2.30. The van der Waals surface area contributed by atoms with Gasteiger partial charge in [0, 0.05) is 44.8 Å². The van der Waals surface area contributed by atoms with Crippen LogP contribution in [0.5, 0.6) is 0 Å². The van der Waals surface area contributed by atoms with Crippen molar-refractivity contribution < 1.29 is 17.6 Å². The second kappa shape index (κ2) is 8.35. The molecule has 2 aliphatic rings. The number of rotatable bonds is 4. The number of sulfonamides is 1. The Kier molecular flexibility index (Phi) is 5.79. The average Bonchev–Trinajstić information content (AvgIpc) is 3.30. The third-order valence-electron chi connectivity index (χ3n) is 5.88. The summed E-state index contributed by atoms with van der Waals surface area (Å²) in [7, 11) is -3.59. The Morgan fingerprint density at radius 1 is 0.933 bits per heavy atom. The Bertz CT molecular complexity index is 1040. The highest BCUT2D eigenvalue weighted by atomic mass is 32.2. The molecule has 2 aliphatic heterocycles. The monoisotopic (exact) mass is 431 g/mol. The van der Waals surface area contributed by atoms with Crippen molar-refractivity contribution in [1.29, 1.82) is 0 Å². The lowest BCUT2D eigenvalue weighted by molar-refractivity contribution is 0.0746. The number of amides is 1. The number of carbonyl (C=O) groups excluding carboxylic acids is 1. The molecular formula is C22H26FN3O3S. The van der Waals surface area contributed by atoms with Gasteiger partial charge in [-0.3, -0.25) is 4.79 Å². The number of nitrogens with zero attached hydrogens (tertiary/aromatic N) is 3. The first-order chi connectivity index (χ1) is 14.4. The van der Waals surface area contributed by atoms with Gasteiger partial charge in [0.2, 0.25) is 10.0 Å². The summed E-state index contributed by atoms with van der Waals surface area (Å²) in [5.74, 6) is -0.464. The normalized spacial score (nSPS) is 18.1. The van der Waals surface area contributed by atoms with Gasteiger partial charge in [-0.1, -0.05) is 18.2 Å². The van der Waals surface area contributed by atoms with Gasteiger partial charge in [0.25, 0.3) is 5.91 Å². The molecule has 30 heavy (non-hydrogen) atoms. The number of halogens is 1. The molecule has 160 valence electrons. The Morgan fingerprint density at radius 3 is 2.27 bits per heavy atom. The molecule has 0 aliphatic carbocycles. The van der Waals surface area contributed by atoms with Crippen LogP contribution in [0.15, 0.2) is 47.4 Å². The van der Waals surface area contributed by atoms with E-state index in [2.05, 4.69) is 0 Å². The van der Waals surface area contributed by atoms with Crippen molar-refractivity contribution >= 4 is 21.6 Å². The Balaban J connectivity index is 1.50. The molecule has 0 saturated carbocycles. The third kappa shape index (κ3) is 3.94. The lowest BCUT2D eigenvalue weighted by Crippen LogP contribution is -2.49. The molecule has 2 aromatic rings. The van der Waals surface area contributed by atoms with Gasteiger partial charge in [0.1, 0.15) is 5.82 Å². The van der Waals surface area contributed by atoms with Gasteiger partial charge >= 0.3 is 0 Å². The first kappa shape index (κ1) is 20.8. The largest absolute Gasteiger partial charge is 0.366 e. The molecular weight excluding hydrogens is 405 g/mol. The maximum absolute atomic E-state index is 14.0. The molecule has 0 atom stereocenters. The van der Waals surface area contributed by atoms with E-state index in [9.17, 15) is 17.6 Å². The predicted molar refractivity (Wildman–Crippen MR) is 114 cm³/mol. The summed E-state index contributed by atoms with van der Waals surface area (Å²) in [5, 5.41) is 0. The summed E-state index contributed by atoms with van der Waals surface area (Å²) < 4.78 is 41.5. The zero-order chi connectivity index (χ0) is 21.3. The molecule has 0 aromatic heterocycles. The van der Waals surface area contributed by atoms with E-state index in [-0.39, 0.29) is 16.6 Å². The van der Waals surface area contributed by atoms with Crippen LogP contribution in [0.1, 0.15) is 28.8 Å². The van der Waals surface area contributed by atoms with Gasteiger partial charge in [-0.05, 0) is 49.6 Å². The molecule has 0 radical (unpaired) electrons. The fourth-order valence-electron chi connectivity index (χ4n) is 4.12. The molecule has 2 aromatic carbocycles. The minimum absolute atomic E-state index is 0.193. The summed E-state index contributed by atoms with van der Waals surface area (Å²) in [6, 6.07) is 11.5. The molecule has 4 rings (SSSR count). The second-order valence-electron chi connectivity index (χ2n) is 7.82. The van der Waals surface area contributed by atoms with E-state index in [1.807, 2.05) is 4.90 Å². The standard InChI is InChI=1S/C22H26FN3O3S/c1-17-8-9-18(16-21(17)30(28,29)26-10-4-5-11-26)22(27)25-14-12-24(13-15-25)20-7-3-2-6-19(20)23/h2-3,6-9,16H,4-5,10-15H2,1H3. The highest BCUT2D eigenvalue weighted by molar-refractivity contribution is 7.89. The highest BCUT2D eigenvalue weighted by Crippen LogP contribution is 2.26. The van der Waals surface area contributed by atoms with Crippen molar-refractivity contribution in [3.8, 4) is 0 Å². The maximum atomic E-state index is 14.0. The summed E-state index contributed by atoms with van der Waals surface area (Å²) in [6.45, 7) is 4.76. The van der Waals surface area contributed by atoms with Crippen molar-refractivity contribution in [2.75, 3.05) is 44.2 Å². The van der Waals surface area contributed by atoms with E-state index < -0.39 is 10.0 Å². The van der Waals surface area contributed by atoms with Gasteiger partial charge in [-0.25, -0.2) is 12.8 Å². The van der Waals surface area contributed by atoms with Gasteiger partial charge in [-0.2, -0.15) is 4.31 Å². The molecule has 0 N–H and O–H groups in total. The van der Waals surface area contributed by atoms with Crippen LogP contribution in [-0.2, 0) is 10.0 Å². The zero-order valence-corrected chi connectivity index (χ0v) is 17.9. The SMILES string of the molecule is Cc1ccc(C(=O)N2CCN(c3ccccc3F)CC2)cc1S(=O)(=O)N1CCCC1. The summed E-state index contributed by atoms with van der Waals surface area (Å²) in [5.41, 5.74) is 1.56. The Hall–Kier alpha value is -2.45. The number of hydrogen-bond donors (Lipinski definition) is 0. The van der Waals surface area contributed by atoms with Crippen molar-refractivity contribution in [2.24, 2.45) is 0 Å². The molecule has 8 heteroatoms. The van der Waals surface area contributed by atoms with Crippen molar-refractivity contribution in [3.63, 3.8) is 0 Å². The van der Waals surface area contributed by atoms with Crippen molar-refractivity contribution in [3.05, 3.63) is 59.4 Å². The molecule has 0 spiro atoms. The smallest absolute Gasteiger partial charge is 0.254 e. The predicted octanol–water partition coefficient (Wildman–Crippen LogP) is 2.88. The van der Waals surface area contributed by atoms with Crippen molar-refractivity contribution in [1.82, 2.24) is 9.21 Å². The number of anilines is 1. The van der Waals surface area contributed by atoms with E-state index in [0.29, 0.717) is 56.1 Å². The lowest BCUT2D eigenvalue weighted by Gasteiger charge is -2.36. The molecule has 0 unspecified atom stereocenters. The topological polar surface area (TPSA) is 60.9 Å². The molecule has 2 fully saturated rings. The zero-order valence-electron chi connectivity index (χ0n) is 17.1. The van der Waals surface area contributed by atoms with Crippen LogP contribution >= 0.6 is 0 Å². The number of piperazine rings is 1.